The maximum absolute atomic E-state index is 12.9. The van der Waals surface area contributed by atoms with E-state index in [2.05, 4.69) is 0 Å². The Hall–Kier alpha value is -4.19. The van der Waals surface area contributed by atoms with E-state index in [0.717, 1.165) is 11.1 Å². The van der Waals surface area contributed by atoms with Gasteiger partial charge in [0.2, 0.25) is 0 Å². The van der Waals surface area contributed by atoms with Crippen LogP contribution in [-0.2, 0) is 11.4 Å². The van der Waals surface area contributed by atoms with Crippen molar-refractivity contribution >= 4 is 28.7 Å². The van der Waals surface area contributed by atoms with E-state index in [1.165, 1.54) is 12.1 Å². The predicted molar refractivity (Wildman–Crippen MR) is 110 cm³/mol. The van der Waals surface area contributed by atoms with Gasteiger partial charge in [0.05, 0.1) is 16.7 Å². The van der Waals surface area contributed by atoms with Crippen LogP contribution in [0.3, 0.4) is 0 Å². The van der Waals surface area contributed by atoms with Gasteiger partial charge < -0.3 is 9.40 Å². The molecule has 30 heavy (non-hydrogen) atoms. The van der Waals surface area contributed by atoms with Crippen molar-refractivity contribution in [1.29, 1.82) is 0 Å². The largest absolute Gasteiger partial charge is 0.366 e. The first-order chi connectivity index (χ1) is 14.6. The van der Waals surface area contributed by atoms with Crippen molar-refractivity contribution in [2.75, 3.05) is 0 Å². The third-order valence-electron chi connectivity index (χ3n) is 5.14. The van der Waals surface area contributed by atoms with Gasteiger partial charge in [-0.05, 0) is 23.8 Å². The van der Waals surface area contributed by atoms with Gasteiger partial charge in [0.1, 0.15) is 0 Å². The molecule has 146 valence electrons. The molecule has 0 aliphatic carbocycles. The minimum atomic E-state index is -0.757. The lowest BCUT2D eigenvalue weighted by molar-refractivity contribution is -0.0583. The summed E-state index contributed by atoms with van der Waals surface area (Å²) in [4.78, 5) is 43.2. The highest BCUT2D eigenvalue weighted by Crippen LogP contribution is 2.26. The fraction of sp³-hybridized carbons (Fsp3) is 0.0417. The molecule has 2 amide bonds. The van der Waals surface area contributed by atoms with E-state index < -0.39 is 17.8 Å². The Morgan fingerprint density at radius 3 is 2.07 bits per heavy atom. The molecule has 0 unspecified atom stereocenters. The SMILES string of the molecule is O=C(ON1C(=O)c2ccccc2C1=O)c1cn(Cc2ccccc2)c2ccccc12. The topological polar surface area (TPSA) is 68.6 Å². The van der Waals surface area contributed by atoms with Gasteiger partial charge in [-0.15, -0.1) is 0 Å². The summed E-state index contributed by atoms with van der Waals surface area (Å²) in [5.74, 6) is -2.04. The lowest BCUT2D eigenvalue weighted by Crippen LogP contribution is -2.32. The Labute approximate surface area is 171 Å². The summed E-state index contributed by atoms with van der Waals surface area (Å²) in [5, 5.41) is 1.23. The van der Waals surface area contributed by atoms with Gasteiger partial charge in [-0.1, -0.05) is 65.7 Å². The first-order valence-electron chi connectivity index (χ1n) is 9.45. The third-order valence-corrected chi connectivity index (χ3v) is 5.14. The van der Waals surface area contributed by atoms with E-state index >= 15 is 0 Å². The van der Waals surface area contributed by atoms with Crippen LogP contribution in [0.2, 0.25) is 0 Å². The summed E-state index contributed by atoms with van der Waals surface area (Å²) in [5.41, 5.74) is 2.68. The number of imide groups is 1. The van der Waals surface area contributed by atoms with Crippen LogP contribution in [0.1, 0.15) is 36.6 Å². The second-order valence-electron chi connectivity index (χ2n) is 7.00. The van der Waals surface area contributed by atoms with E-state index in [9.17, 15) is 14.4 Å². The van der Waals surface area contributed by atoms with E-state index in [1.54, 1.807) is 18.3 Å². The molecular weight excluding hydrogens is 380 g/mol. The average molecular weight is 396 g/mol. The zero-order chi connectivity index (χ0) is 20.7. The summed E-state index contributed by atoms with van der Waals surface area (Å²) in [7, 11) is 0. The molecule has 6 heteroatoms. The molecule has 0 saturated carbocycles. The molecule has 0 N–H and O–H groups in total. The van der Waals surface area contributed by atoms with Crippen molar-refractivity contribution < 1.29 is 19.2 Å². The molecule has 4 aromatic rings. The highest BCUT2D eigenvalue weighted by atomic mass is 16.7. The molecule has 1 aliphatic heterocycles. The lowest BCUT2D eigenvalue weighted by atomic mass is 10.1. The monoisotopic (exact) mass is 396 g/mol. The Bertz CT molecular complexity index is 1270. The number of fused-ring (bicyclic) bond motifs is 2. The Morgan fingerprint density at radius 2 is 1.37 bits per heavy atom. The van der Waals surface area contributed by atoms with Crippen LogP contribution >= 0.6 is 0 Å². The molecule has 2 heterocycles. The van der Waals surface area contributed by atoms with Crippen LogP contribution in [0.4, 0.5) is 0 Å². The van der Waals surface area contributed by atoms with Crippen molar-refractivity contribution in [3.63, 3.8) is 0 Å². The second-order valence-corrected chi connectivity index (χ2v) is 7.00. The van der Waals surface area contributed by atoms with Crippen LogP contribution in [0.5, 0.6) is 0 Å². The quantitative estimate of drug-likeness (QED) is 0.488. The van der Waals surface area contributed by atoms with Gasteiger partial charge in [-0.3, -0.25) is 9.59 Å². The average Bonchev–Trinajstić information content (AvgIpc) is 3.26. The number of rotatable bonds is 4. The zero-order valence-electron chi connectivity index (χ0n) is 15.8. The van der Waals surface area contributed by atoms with Gasteiger partial charge in [-0.25, -0.2) is 4.79 Å². The molecule has 0 spiro atoms. The van der Waals surface area contributed by atoms with E-state index in [0.29, 0.717) is 17.0 Å². The standard InChI is InChI=1S/C24H16N2O4/c27-22-18-11-4-5-12-19(18)23(28)26(22)30-24(29)20-15-25(14-16-8-2-1-3-9-16)21-13-7-6-10-17(20)21/h1-13,15H,14H2. The summed E-state index contributed by atoms with van der Waals surface area (Å²) in [6.45, 7) is 0.571. The molecule has 1 aromatic heterocycles. The zero-order valence-corrected chi connectivity index (χ0v) is 15.8. The second kappa shape index (κ2) is 7.00. The van der Waals surface area contributed by atoms with Crippen LogP contribution in [0, 0.1) is 0 Å². The maximum atomic E-state index is 12.9. The van der Waals surface area contributed by atoms with Gasteiger partial charge in [0, 0.05) is 23.6 Å². The number of carbonyl (C=O) groups is 3. The maximum Gasteiger partial charge on any atom is 0.366 e. The number of nitrogens with zero attached hydrogens (tertiary/aromatic N) is 2. The van der Waals surface area contributed by atoms with Crippen molar-refractivity contribution in [1.82, 2.24) is 9.63 Å². The number of para-hydroxylation sites is 1. The minimum Gasteiger partial charge on any atom is -0.342 e. The fourth-order valence-electron chi connectivity index (χ4n) is 3.70. The molecular formula is C24H16N2O4. The Morgan fingerprint density at radius 1 is 0.767 bits per heavy atom. The highest BCUT2D eigenvalue weighted by molar-refractivity contribution is 6.21. The van der Waals surface area contributed by atoms with E-state index in [1.807, 2.05) is 59.2 Å². The summed E-state index contributed by atoms with van der Waals surface area (Å²) >= 11 is 0. The molecule has 0 atom stereocenters. The lowest BCUT2D eigenvalue weighted by Gasteiger charge is -2.12. The molecule has 0 bridgehead atoms. The smallest absolute Gasteiger partial charge is 0.342 e. The summed E-state index contributed by atoms with van der Waals surface area (Å²) < 4.78 is 1.95. The number of hydrogen-bond donors (Lipinski definition) is 0. The molecule has 1 aliphatic rings. The van der Waals surface area contributed by atoms with E-state index in [-0.39, 0.29) is 16.7 Å². The number of hydrogen-bond acceptors (Lipinski definition) is 4. The normalized spacial score (nSPS) is 13.0. The molecule has 0 saturated heterocycles. The van der Waals surface area contributed by atoms with Gasteiger partial charge in [-0.2, -0.15) is 0 Å². The molecule has 5 rings (SSSR count). The van der Waals surface area contributed by atoms with Crippen LogP contribution in [0.15, 0.2) is 85.1 Å². The Kier molecular flexibility index (Phi) is 4.17. The Balaban J connectivity index is 1.47. The van der Waals surface area contributed by atoms with Crippen molar-refractivity contribution in [2.24, 2.45) is 0 Å². The van der Waals surface area contributed by atoms with Crippen molar-refractivity contribution in [3.05, 3.63) is 107 Å². The van der Waals surface area contributed by atoms with Crippen molar-refractivity contribution in [3.8, 4) is 0 Å². The highest BCUT2D eigenvalue weighted by Gasteiger charge is 2.39. The molecule has 0 fully saturated rings. The van der Waals surface area contributed by atoms with Crippen LogP contribution in [-0.4, -0.2) is 27.4 Å². The minimum absolute atomic E-state index is 0.224. The number of aromatic nitrogens is 1. The van der Waals surface area contributed by atoms with Gasteiger partial charge >= 0.3 is 5.97 Å². The van der Waals surface area contributed by atoms with Crippen LogP contribution in [0.25, 0.3) is 10.9 Å². The number of carbonyl (C=O) groups excluding carboxylic acids is 3. The number of benzene rings is 3. The predicted octanol–water partition coefficient (Wildman–Crippen LogP) is 4.06. The van der Waals surface area contributed by atoms with Crippen LogP contribution < -0.4 is 0 Å². The first-order valence-corrected chi connectivity index (χ1v) is 9.45. The van der Waals surface area contributed by atoms with E-state index in [4.69, 9.17) is 4.84 Å². The third kappa shape index (κ3) is 2.86. The first kappa shape index (κ1) is 17.9. The molecule has 6 nitrogen and oxygen atoms in total. The summed E-state index contributed by atoms with van der Waals surface area (Å²) in [6.07, 6.45) is 1.69. The molecule has 0 radical (unpaired) electrons. The van der Waals surface area contributed by atoms with Gasteiger partial charge in [0.15, 0.2) is 0 Å². The fourth-order valence-corrected chi connectivity index (χ4v) is 3.70. The number of amides is 2. The molecule has 3 aromatic carbocycles. The van der Waals surface area contributed by atoms with Crippen molar-refractivity contribution in [2.45, 2.75) is 6.54 Å². The summed E-state index contributed by atoms with van der Waals surface area (Å²) in [6, 6.07) is 23.7. The van der Waals surface area contributed by atoms with Gasteiger partial charge in [0.25, 0.3) is 11.8 Å². The number of hydroxylamine groups is 2.